The van der Waals surface area contributed by atoms with Gasteiger partial charge in [0.1, 0.15) is 5.54 Å². The van der Waals surface area contributed by atoms with Crippen molar-refractivity contribution in [1.82, 2.24) is 4.90 Å². The van der Waals surface area contributed by atoms with Crippen LogP contribution in [0.5, 0.6) is 0 Å². The van der Waals surface area contributed by atoms with Gasteiger partial charge in [0.2, 0.25) is 0 Å². The topological polar surface area (TPSA) is 27.0 Å². The number of likely N-dealkylation sites (tertiary alicyclic amines) is 1. The summed E-state index contributed by atoms with van der Waals surface area (Å²) in [6, 6.07) is 2.75. The van der Waals surface area contributed by atoms with Crippen LogP contribution >= 0.6 is 0 Å². The van der Waals surface area contributed by atoms with E-state index < -0.39 is 0 Å². The molecule has 0 N–H and O–H groups in total. The van der Waals surface area contributed by atoms with E-state index in [1.165, 1.54) is 70.9 Å². The predicted molar refractivity (Wildman–Crippen MR) is 73.1 cm³/mol. The van der Waals surface area contributed by atoms with Crippen LogP contribution in [0.4, 0.5) is 0 Å². The minimum atomic E-state index is -0.0875. The Morgan fingerprint density at radius 1 is 0.889 bits per heavy atom. The van der Waals surface area contributed by atoms with Crippen LogP contribution in [0.2, 0.25) is 0 Å². The summed E-state index contributed by atoms with van der Waals surface area (Å²) in [4.78, 5) is 2.56. The minimum Gasteiger partial charge on any atom is -0.286 e. The van der Waals surface area contributed by atoms with Crippen LogP contribution in [-0.4, -0.2) is 23.5 Å². The molecule has 1 saturated heterocycles. The molecule has 18 heavy (non-hydrogen) atoms. The molecule has 3 rings (SSSR count). The molecule has 0 spiro atoms. The van der Waals surface area contributed by atoms with E-state index in [1.54, 1.807) is 0 Å². The third-order valence-corrected chi connectivity index (χ3v) is 5.47. The number of nitrogens with zero attached hydrogens (tertiary/aromatic N) is 2. The van der Waals surface area contributed by atoms with Gasteiger partial charge >= 0.3 is 0 Å². The first-order valence-corrected chi connectivity index (χ1v) is 8.00. The van der Waals surface area contributed by atoms with Gasteiger partial charge in [-0.1, -0.05) is 19.3 Å². The lowest BCUT2D eigenvalue weighted by molar-refractivity contribution is 0.0712. The summed E-state index contributed by atoms with van der Waals surface area (Å²) in [7, 11) is 0. The molecule has 0 bridgehead atoms. The summed E-state index contributed by atoms with van der Waals surface area (Å²) in [5, 5.41) is 9.81. The second-order valence-corrected chi connectivity index (χ2v) is 6.74. The molecule has 1 aliphatic heterocycles. The summed E-state index contributed by atoms with van der Waals surface area (Å²) in [6.45, 7) is 2.34. The van der Waals surface area contributed by atoms with Crippen molar-refractivity contribution >= 4 is 0 Å². The molecule has 0 aromatic heterocycles. The molecule has 2 nitrogen and oxygen atoms in total. The molecule has 0 radical (unpaired) electrons. The van der Waals surface area contributed by atoms with Gasteiger partial charge in [-0.25, -0.2) is 0 Å². The van der Waals surface area contributed by atoms with Crippen molar-refractivity contribution < 1.29 is 0 Å². The van der Waals surface area contributed by atoms with Gasteiger partial charge in [0.15, 0.2) is 0 Å². The second kappa shape index (κ2) is 5.21. The van der Waals surface area contributed by atoms with Crippen LogP contribution in [0.1, 0.15) is 64.2 Å². The fraction of sp³-hybridized carbons (Fsp3) is 0.938. The maximum absolute atomic E-state index is 9.81. The third kappa shape index (κ3) is 2.43. The number of hydrogen-bond donors (Lipinski definition) is 0. The quantitative estimate of drug-likeness (QED) is 0.742. The van der Waals surface area contributed by atoms with Crippen molar-refractivity contribution in [2.45, 2.75) is 69.7 Å². The van der Waals surface area contributed by atoms with Gasteiger partial charge in [-0.15, -0.1) is 0 Å². The van der Waals surface area contributed by atoms with E-state index in [0.717, 1.165) is 18.3 Å². The lowest BCUT2D eigenvalue weighted by Gasteiger charge is -2.44. The Hall–Kier alpha value is -0.550. The minimum absolute atomic E-state index is 0.0875. The Morgan fingerprint density at radius 2 is 1.61 bits per heavy atom. The molecule has 0 aromatic rings. The number of hydrogen-bond acceptors (Lipinski definition) is 2. The molecule has 2 aliphatic carbocycles. The zero-order valence-electron chi connectivity index (χ0n) is 11.5. The van der Waals surface area contributed by atoms with Crippen LogP contribution in [0.15, 0.2) is 0 Å². The molecule has 3 fully saturated rings. The van der Waals surface area contributed by atoms with Crippen molar-refractivity contribution in [1.29, 1.82) is 5.26 Å². The van der Waals surface area contributed by atoms with Gasteiger partial charge in [-0.05, 0) is 69.9 Å². The Labute approximate surface area is 111 Å². The van der Waals surface area contributed by atoms with E-state index >= 15 is 0 Å². The second-order valence-electron chi connectivity index (χ2n) is 6.74. The summed E-state index contributed by atoms with van der Waals surface area (Å²) < 4.78 is 0. The Kier molecular flexibility index (Phi) is 3.61. The molecule has 2 atom stereocenters. The zero-order chi connectivity index (χ0) is 12.4. The summed E-state index contributed by atoms with van der Waals surface area (Å²) in [5.41, 5.74) is -0.0875. The molecular weight excluding hydrogens is 220 g/mol. The summed E-state index contributed by atoms with van der Waals surface area (Å²) in [6.07, 6.45) is 13.2. The lowest BCUT2D eigenvalue weighted by Crippen LogP contribution is -2.51. The van der Waals surface area contributed by atoms with Crippen molar-refractivity contribution in [2.75, 3.05) is 13.1 Å². The summed E-state index contributed by atoms with van der Waals surface area (Å²) >= 11 is 0. The van der Waals surface area contributed by atoms with Crippen LogP contribution in [-0.2, 0) is 0 Å². The first kappa shape index (κ1) is 12.5. The molecule has 0 aromatic carbocycles. The van der Waals surface area contributed by atoms with Gasteiger partial charge in [-0.3, -0.25) is 4.90 Å². The highest BCUT2D eigenvalue weighted by Crippen LogP contribution is 2.48. The van der Waals surface area contributed by atoms with E-state index in [2.05, 4.69) is 11.0 Å². The smallest absolute Gasteiger partial charge is 0.109 e. The Bertz CT molecular complexity index is 320. The highest BCUT2D eigenvalue weighted by atomic mass is 15.2. The standard InChI is InChI=1S/C16H26N2/c17-13-16(18-10-3-1-2-4-11-18)9-5-6-15(12-16)14-7-8-14/h14-15H,1-12H2. The van der Waals surface area contributed by atoms with E-state index in [-0.39, 0.29) is 5.54 Å². The van der Waals surface area contributed by atoms with Crippen molar-refractivity contribution in [2.24, 2.45) is 11.8 Å². The lowest BCUT2D eigenvalue weighted by atomic mass is 9.73. The van der Waals surface area contributed by atoms with Crippen LogP contribution < -0.4 is 0 Å². The molecule has 3 aliphatic rings. The molecule has 2 unspecified atom stereocenters. The third-order valence-electron chi connectivity index (χ3n) is 5.47. The fourth-order valence-electron chi connectivity index (χ4n) is 4.22. The van der Waals surface area contributed by atoms with Crippen molar-refractivity contribution in [3.8, 4) is 6.07 Å². The van der Waals surface area contributed by atoms with Crippen molar-refractivity contribution in [3.05, 3.63) is 0 Å². The van der Waals surface area contributed by atoms with Crippen LogP contribution in [0, 0.1) is 23.2 Å². The average molecular weight is 246 g/mol. The normalized spacial score (nSPS) is 38.9. The highest BCUT2D eigenvalue weighted by molar-refractivity contribution is 5.12. The van der Waals surface area contributed by atoms with E-state index in [0.29, 0.717) is 0 Å². The first-order chi connectivity index (χ1) is 8.84. The molecule has 2 saturated carbocycles. The SMILES string of the molecule is N#CC1(N2CCCCCC2)CCCC(C2CC2)C1. The predicted octanol–water partition coefficient (Wildman–Crippen LogP) is 3.72. The maximum atomic E-state index is 9.81. The van der Waals surface area contributed by atoms with Gasteiger partial charge in [0, 0.05) is 0 Å². The van der Waals surface area contributed by atoms with E-state index in [9.17, 15) is 5.26 Å². The van der Waals surface area contributed by atoms with Crippen LogP contribution in [0.25, 0.3) is 0 Å². The van der Waals surface area contributed by atoms with Gasteiger partial charge in [0.05, 0.1) is 6.07 Å². The van der Waals surface area contributed by atoms with E-state index in [1.807, 2.05) is 0 Å². The van der Waals surface area contributed by atoms with E-state index in [4.69, 9.17) is 0 Å². The molecule has 0 amide bonds. The molecule has 100 valence electrons. The summed E-state index contributed by atoms with van der Waals surface area (Å²) in [5.74, 6) is 1.84. The van der Waals surface area contributed by atoms with Gasteiger partial charge in [0.25, 0.3) is 0 Å². The number of nitriles is 1. The molecule has 2 heteroatoms. The monoisotopic (exact) mass is 246 g/mol. The average Bonchev–Trinajstić information content (AvgIpc) is 3.25. The highest BCUT2D eigenvalue weighted by Gasteiger charge is 2.45. The van der Waals surface area contributed by atoms with Gasteiger partial charge in [-0.2, -0.15) is 5.26 Å². The van der Waals surface area contributed by atoms with Gasteiger partial charge < -0.3 is 0 Å². The number of rotatable bonds is 2. The Balaban J connectivity index is 1.73. The van der Waals surface area contributed by atoms with Crippen molar-refractivity contribution in [3.63, 3.8) is 0 Å². The maximum Gasteiger partial charge on any atom is 0.109 e. The van der Waals surface area contributed by atoms with Crippen LogP contribution in [0.3, 0.4) is 0 Å². The molecular formula is C16H26N2. The zero-order valence-corrected chi connectivity index (χ0v) is 11.5. The largest absolute Gasteiger partial charge is 0.286 e. The Morgan fingerprint density at radius 3 is 2.22 bits per heavy atom. The fourth-order valence-corrected chi connectivity index (χ4v) is 4.22. The first-order valence-electron chi connectivity index (χ1n) is 8.00. The molecule has 1 heterocycles.